The van der Waals surface area contributed by atoms with Crippen molar-refractivity contribution >= 4 is 17.7 Å². The van der Waals surface area contributed by atoms with Crippen LogP contribution in [-0.2, 0) is 18.7 Å². The summed E-state index contributed by atoms with van der Waals surface area (Å²) in [6, 6.07) is 0. The molecule has 2 heterocycles. The lowest BCUT2D eigenvalue weighted by atomic mass is 10.0. The van der Waals surface area contributed by atoms with Gasteiger partial charge in [-0.25, -0.2) is 14.8 Å². The van der Waals surface area contributed by atoms with E-state index >= 15 is 0 Å². The van der Waals surface area contributed by atoms with Gasteiger partial charge in [-0.15, -0.1) is 0 Å². The van der Waals surface area contributed by atoms with E-state index in [9.17, 15) is 9.90 Å². The molecule has 1 aliphatic heterocycles. The van der Waals surface area contributed by atoms with Gasteiger partial charge in [0, 0.05) is 30.3 Å². The smallest absolute Gasteiger partial charge is 0.354 e. The molecule has 0 saturated heterocycles. The number of carboxylic acids is 1. The highest BCUT2D eigenvalue weighted by atomic mass is 32.2. The first kappa shape index (κ1) is 14.8. The van der Waals surface area contributed by atoms with Crippen molar-refractivity contribution in [2.75, 3.05) is 6.54 Å². The van der Waals surface area contributed by atoms with Crippen LogP contribution in [0.15, 0.2) is 0 Å². The highest BCUT2D eigenvalue weighted by Crippen LogP contribution is 2.30. The van der Waals surface area contributed by atoms with Crippen molar-refractivity contribution < 1.29 is 9.90 Å². The minimum absolute atomic E-state index is 0.187. The molecule has 2 aliphatic rings. The molecule has 0 amide bonds. The molecule has 0 atom stereocenters. The molecule has 21 heavy (non-hydrogen) atoms. The first-order chi connectivity index (χ1) is 10.2. The third-order valence-electron chi connectivity index (χ3n) is 4.18. The Balaban J connectivity index is 1.75. The van der Waals surface area contributed by atoms with Crippen LogP contribution in [0.5, 0.6) is 0 Å². The van der Waals surface area contributed by atoms with Crippen molar-refractivity contribution in [2.24, 2.45) is 0 Å². The second kappa shape index (κ2) is 6.75. The van der Waals surface area contributed by atoms with Gasteiger partial charge in [-0.3, -0.25) is 0 Å². The van der Waals surface area contributed by atoms with E-state index in [4.69, 9.17) is 0 Å². The van der Waals surface area contributed by atoms with Crippen LogP contribution in [-0.4, -0.2) is 32.8 Å². The molecule has 1 aliphatic carbocycles. The second-order valence-corrected chi connectivity index (χ2v) is 7.01. The van der Waals surface area contributed by atoms with Gasteiger partial charge in [-0.05, 0) is 12.8 Å². The molecule has 1 aromatic heterocycles. The minimum atomic E-state index is -0.943. The zero-order valence-corrected chi connectivity index (χ0v) is 12.9. The van der Waals surface area contributed by atoms with E-state index in [1.807, 2.05) is 11.8 Å². The van der Waals surface area contributed by atoms with Gasteiger partial charge in [0.05, 0.1) is 11.4 Å². The quantitative estimate of drug-likeness (QED) is 0.889. The van der Waals surface area contributed by atoms with Crippen molar-refractivity contribution in [3.05, 3.63) is 22.8 Å². The SMILES string of the molecule is O=C(O)c1nc(CSC2CCCCC2)nc2c1CNCC2. The largest absolute Gasteiger partial charge is 0.476 e. The van der Waals surface area contributed by atoms with Crippen LogP contribution in [0.25, 0.3) is 0 Å². The monoisotopic (exact) mass is 307 g/mol. The average Bonchev–Trinajstić information content (AvgIpc) is 2.53. The second-order valence-electron chi connectivity index (χ2n) is 5.72. The molecular weight excluding hydrogens is 286 g/mol. The van der Waals surface area contributed by atoms with E-state index < -0.39 is 5.97 Å². The molecule has 1 aromatic rings. The third kappa shape index (κ3) is 3.55. The molecule has 0 radical (unpaired) electrons. The van der Waals surface area contributed by atoms with Crippen molar-refractivity contribution in [1.29, 1.82) is 0 Å². The Morgan fingerprint density at radius 2 is 2.10 bits per heavy atom. The Morgan fingerprint density at radius 1 is 1.29 bits per heavy atom. The lowest BCUT2D eigenvalue weighted by Crippen LogP contribution is -2.28. The fourth-order valence-corrected chi connectivity index (χ4v) is 4.24. The number of nitrogens with one attached hydrogen (secondary N) is 1. The van der Waals surface area contributed by atoms with Gasteiger partial charge in [0.1, 0.15) is 5.82 Å². The predicted molar refractivity (Wildman–Crippen MR) is 82.6 cm³/mol. The fraction of sp³-hybridized carbons (Fsp3) is 0.667. The van der Waals surface area contributed by atoms with Crippen LogP contribution >= 0.6 is 11.8 Å². The molecule has 0 spiro atoms. The lowest BCUT2D eigenvalue weighted by Gasteiger charge is -2.21. The van der Waals surface area contributed by atoms with Crippen LogP contribution in [0.2, 0.25) is 0 Å². The highest BCUT2D eigenvalue weighted by Gasteiger charge is 2.22. The Hall–Kier alpha value is -1.14. The third-order valence-corrected chi connectivity index (χ3v) is 5.55. The van der Waals surface area contributed by atoms with Crippen LogP contribution in [0, 0.1) is 0 Å². The summed E-state index contributed by atoms with van der Waals surface area (Å²) in [5, 5.41) is 13.2. The Labute approximate surface area is 129 Å². The van der Waals surface area contributed by atoms with Gasteiger partial charge in [0.2, 0.25) is 0 Å². The van der Waals surface area contributed by atoms with Gasteiger partial charge in [-0.2, -0.15) is 11.8 Å². The summed E-state index contributed by atoms with van der Waals surface area (Å²) in [6.07, 6.45) is 7.31. The number of carboxylic acid groups (broad SMARTS) is 1. The van der Waals surface area contributed by atoms with Crippen molar-refractivity contribution in [2.45, 2.75) is 56.1 Å². The summed E-state index contributed by atoms with van der Waals surface area (Å²) in [4.78, 5) is 20.3. The molecule has 0 bridgehead atoms. The van der Waals surface area contributed by atoms with Crippen molar-refractivity contribution in [1.82, 2.24) is 15.3 Å². The van der Waals surface area contributed by atoms with E-state index in [-0.39, 0.29) is 5.69 Å². The number of nitrogens with zero attached hydrogens (tertiary/aromatic N) is 2. The maximum Gasteiger partial charge on any atom is 0.354 e. The van der Waals surface area contributed by atoms with E-state index in [1.54, 1.807) is 0 Å². The summed E-state index contributed by atoms with van der Waals surface area (Å²) in [5.74, 6) is 0.468. The lowest BCUT2D eigenvalue weighted by molar-refractivity contribution is 0.0688. The zero-order valence-electron chi connectivity index (χ0n) is 12.1. The average molecular weight is 307 g/mol. The van der Waals surface area contributed by atoms with E-state index in [0.717, 1.165) is 30.0 Å². The molecule has 6 heteroatoms. The summed E-state index contributed by atoms with van der Waals surface area (Å²) in [7, 11) is 0. The number of carbonyl (C=O) groups is 1. The van der Waals surface area contributed by atoms with E-state index in [1.165, 1.54) is 32.1 Å². The minimum Gasteiger partial charge on any atom is -0.476 e. The molecule has 1 saturated carbocycles. The van der Waals surface area contributed by atoms with Crippen molar-refractivity contribution in [3.8, 4) is 0 Å². The molecule has 2 N–H and O–H groups in total. The van der Waals surface area contributed by atoms with Crippen LogP contribution < -0.4 is 5.32 Å². The van der Waals surface area contributed by atoms with Gasteiger partial charge in [-0.1, -0.05) is 19.3 Å². The molecule has 114 valence electrons. The normalized spacial score (nSPS) is 19.2. The summed E-state index contributed by atoms with van der Waals surface area (Å²) in [6.45, 7) is 1.42. The highest BCUT2D eigenvalue weighted by molar-refractivity contribution is 7.99. The van der Waals surface area contributed by atoms with Gasteiger partial charge in [0.15, 0.2) is 5.69 Å². The van der Waals surface area contributed by atoms with Crippen LogP contribution in [0.4, 0.5) is 0 Å². The van der Waals surface area contributed by atoms with Gasteiger partial charge < -0.3 is 10.4 Å². The topological polar surface area (TPSA) is 75.1 Å². The van der Waals surface area contributed by atoms with Gasteiger partial charge >= 0.3 is 5.97 Å². The maximum absolute atomic E-state index is 11.4. The van der Waals surface area contributed by atoms with E-state index in [0.29, 0.717) is 17.6 Å². The van der Waals surface area contributed by atoms with E-state index in [2.05, 4.69) is 15.3 Å². The van der Waals surface area contributed by atoms with Crippen LogP contribution in [0.3, 0.4) is 0 Å². The van der Waals surface area contributed by atoms with Crippen LogP contribution in [0.1, 0.15) is 59.7 Å². The summed E-state index contributed by atoms with van der Waals surface area (Å²) >= 11 is 1.89. The number of thioether (sulfide) groups is 1. The maximum atomic E-state index is 11.4. The first-order valence-electron chi connectivity index (χ1n) is 7.68. The number of rotatable bonds is 4. The van der Waals surface area contributed by atoms with Gasteiger partial charge in [0.25, 0.3) is 0 Å². The molecule has 5 nitrogen and oxygen atoms in total. The molecule has 1 fully saturated rings. The molecule has 0 aromatic carbocycles. The summed E-state index contributed by atoms with van der Waals surface area (Å²) in [5.41, 5.74) is 1.87. The first-order valence-corrected chi connectivity index (χ1v) is 8.73. The number of hydrogen-bond donors (Lipinski definition) is 2. The number of hydrogen-bond acceptors (Lipinski definition) is 5. The zero-order chi connectivity index (χ0) is 14.7. The molecule has 0 unspecified atom stereocenters. The molecule has 3 rings (SSSR count). The predicted octanol–water partition coefficient (Wildman–Crippen LogP) is 2.39. The molecular formula is C15H21N3O2S. The number of fused-ring (bicyclic) bond motifs is 1. The fourth-order valence-electron chi connectivity index (χ4n) is 3.06. The number of aromatic carboxylic acids is 1. The Kier molecular flexibility index (Phi) is 4.75. The Bertz CT molecular complexity index is 530. The van der Waals surface area contributed by atoms with Crippen molar-refractivity contribution in [3.63, 3.8) is 0 Å². The Morgan fingerprint density at radius 3 is 2.86 bits per heavy atom. The summed E-state index contributed by atoms with van der Waals surface area (Å²) < 4.78 is 0. The standard InChI is InChI=1S/C15H21N3O2S/c19-15(20)14-11-8-16-7-6-12(11)17-13(18-14)9-21-10-4-2-1-3-5-10/h10,16H,1-9H2,(H,19,20). The number of aromatic nitrogens is 2.